The Hall–Kier alpha value is -6.17. The number of ketones is 2. The molecule has 3 aromatic heterocycles. The molecule has 0 bridgehead atoms. The Labute approximate surface area is 384 Å². The number of aryl methyl sites for hydroxylation is 3. The lowest BCUT2D eigenvalue weighted by Gasteiger charge is -2.15. The maximum absolute atomic E-state index is 11.8. The normalized spacial score (nSPS) is 13.0. The second-order valence-electron chi connectivity index (χ2n) is 16.2. The number of hydrogen-bond donors (Lipinski definition) is 0. The topological polar surface area (TPSA) is 113 Å². The number of rotatable bonds is 19. The van der Waals surface area contributed by atoms with Crippen molar-refractivity contribution >= 4 is 40.0 Å². The van der Waals surface area contributed by atoms with Gasteiger partial charge in [-0.25, -0.2) is 4.98 Å². The molecule has 0 spiro atoms. The molecular formula is C53H55N3O6S2. The van der Waals surface area contributed by atoms with E-state index in [0.717, 1.165) is 68.0 Å². The van der Waals surface area contributed by atoms with Gasteiger partial charge in [-0.2, -0.15) is 0 Å². The van der Waals surface area contributed by atoms with Gasteiger partial charge in [0, 0.05) is 52.5 Å². The average Bonchev–Trinajstić information content (AvgIpc) is 4.16. The Bertz CT molecular complexity index is 2590. The molecule has 4 aromatic carbocycles. The summed E-state index contributed by atoms with van der Waals surface area (Å²) in [6, 6.07) is 39.2. The fourth-order valence-electron chi connectivity index (χ4n) is 7.46. The Morgan fingerprint density at radius 2 is 1.36 bits per heavy atom. The van der Waals surface area contributed by atoms with E-state index in [0.29, 0.717) is 32.7 Å². The number of nitrogens with zero attached hydrogens (tertiary/aromatic N) is 3. The van der Waals surface area contributed by atoms with E-state index in [2.05, 4.69) is 84.8 Å². The first-order valence-electron chi connectivity index (χ1n) is 21.9. The first-order chi connectivity index (χ1) is 31.1. The van der Waals surface area contributed by atoms with Crippen LogP contribution in [-0.4, -0.2) is 34.0 Å². The number of thiophene rings is 1. The molecule has 4 heterocycles. The quantitative estimate of drug-likeness (QED) is 0.0789. The van der Waals surface area contributed by atoms with Crippen LogP contribution in [0, 0.1) is 13.8 Å². The van der Waals surface area contributed by atoms with Gasteiger partial charge in [0.2, 0.25) is 0 Å². The minimum absolute atomic E-state index is 0.0336. The Morgan fingerprint density at radius 3 is 1.97 bits per heavy atom. The summed E-state index contributed by atoms with van der Waals surface area (Å²) in [6.45, 7) is 11.2. The fraction of sp³-hybridized carbons (Fsp3) is 0.302. The molecule has 9 nitrogen and oxygen atoms in total. The highest BCUT2D eigenvalue weighted by Gasteiger charge is 2.24. The summed E-state index contributed by atoms with van der Waals surface area (Å²) in [5.74, 6) is 1.71. The van der Waals surface area contributed by atoms with Gasteiger partial charge in [-0.05, 0) is 99.2 Å². The molecule has 0 unspecified atom stereocenters. The van der Waals surface area contributed by atoms with Crippen LogP contribution in [0.5, 0.6) is 11.5 Å². The minimum Gasteiger partial charge on any atom is -0.488 e. The Kier molecular flexibility index (Phi) is 16.1. The van der Waals surface area contributed by atoms with Crippen LogP contribution in [0.2, 0.25) is 0 Å². The summed E-state index contributed by atoms with van der Waals surface area (Å²) in [5, 5.41) is 9.19. The summed E-state index contributed by atoms with van der Waals surface area (Å²) in [6.07, 6.45) is 6.69. The molecule has 8 rings (SSSR count). The summed E-state index contributed by atoms with van der Waals surface area (Å²) in [4.78, 5) is 36.9. The highest BCUT2D eigenvalue weighted by Crippen LogP contribution is 2.33. The van der Waals surface area contributed by atoms with Crippen molar-refractivity contribution in [3.63, 3.8) is 0 Å². The predicted molar refractivity (Wildman–Crippen MR) is 257 cm³/mol. The molecule has 0 amide bonds. The number of carbonyl (C=O) groups excluding carboxylic acids is 2. The van der Waals surface area contributed by atoms with Gasteiger partial charge < -0.3 is 18.8 Å². The molecule has 330 valence electrons. The molecule has 0 fully saturated rings. The van der Waals surface area contributed by atoms with Gasteiger partial charge in [0.15, 0.2) is 0 Å². The monoisotopic (exact) mass is 893 g/mol. The van der Waals surface area contributed by atoms with Crippen molar-refractivity contribution in [2.24, 2.45) is 5.16 Å². The summed E-state index contributed by atoms with van der Waals surface area (Å²) in [5.41, 5.74) is 9.81. The number of thiazole rings is 1. The molecule has 64 heavy (non-hydrogen) atoms. The van der Waals surface area contributed by atoms with Crippen LogP contribution in [0.4, 0.5) is 0 Å². The maximum Gasteiger partial charge on any atom is 0.130 e. The number of oxime groups is 1. The molecule has 1 aliphatic heterocycles. The van der Waals surface area contributed by atoms with E-state index < -0.39 is 0 Å². The fourth-order valence-corrected chi connectivity index (χ4v) is 9.37. The summed E-state index contributed by atoms with van der Waals surface area (Å²) in [7, 11) is 0. The number of carbonyl (C=O) groups is 2. The van der Waals surface area contributed by atoms with E-state index in [1.54, 1.807) is 42.6 Å². The molecule has 1 aliphatic rings. The molecular weight excluding hydrogens is 839 g/mol. The van der Waals surface area contributed by atoms with Crippen molar-refractivity contribution in [1.82, 2.24) is 10.1 Å². The summed E-state index contributed by atoms with van der Waals surface area (Å²) >= 11 is 3.43. The second kappa shape index (κ2) is 22.4. The highest BCUT2D eigenvalue weighted by molar-refractivity contribution is 7.15. The zero-order valence-electron chi connectivity index (χ0n) is 37.2. The van der Waals surface area contributed by atoms with Crippen LogP contribution in [0.25, 0.3) is 21.0 Å². The lowest BCUT2D eigenvalue weighted by Crippen LogP contribution is -2.14. The third-order valence-electron chi connectivity index (χ3n) is 11.1. The van der Waals surface area contributed by atoms with E-state index in [4.69, 9.17) is 23.8 Å². The first-order valence-corrected chi connectivity index (χ1v) is 23.5. The molecule has 2 atom stereocenters. The van der Waals surface area contributed by atoms with Gasteiger partial charge in [-0.3, -0.25) is 9.59 Å². The zero-order valence-corrected chi connectivity index (χ0v) is 38.8. The molecule has 11 heteroatoms. The number of ether oxygens (including phenoxy) is 2. The van der Waals surface area contributed by atoms with Crippen LogP contribution in [-0.2, 0) is 34.1 Å². The molecule has 0 saturated carbocycles. The largest absolute Gasteiger partial charge is 0.488 e. The van der Waals surface area contributed by atoms with Crippen molar-refractivity contribution in [1.29, 1.82) is 0 Å². The van der Waals surface area contributed by atoms with Gasteiger partial charge in [0.1, 0.15) is 54.2 Å². The van der Waals surface area contributed by atoms with Gasteiger partial charge in [0.25, 0.3) is 0 Å². The van der Waals surface area contributed by atoms with E-state index in [9.17, 15) is 9.59 Å². The standard InChI is InChI=1S/C28H32N2O3S.C25H23NO3S/c1-4-5-6-21-7-9-23(10-8-21)28-29-20(3)27(34-28)18-32-24-13-11-22(12-14-24)25(17-19(2)31)26-15-16-33-30-26;1-17-3-5-20(6-4-17)25-12-11-22(30-25)16-28-21-9-7-19(8-10-21)23(15-18(2)27)24-13-14-29-26-24/h7-14,25H,4-6,15-18H2,1-3H3;3-14,23H,15-16H2,1-2H3/t25-;23-/m00/s1. The first kappa shape index (κ1) is 45.8. The van der Waals surface area contributed by atoms with Crippen molar-refractivity contribution < 1.29 is 28.4 Å². The third-order valence-corrected chi connectivity index (χ3v) is 13.3. The smallest absolute Gasteiger partial charge is 0.130 e. The lowest BCUT2D eigenvalue weighted by molar-refractivity contribution is -0.118. The van der Waals surface area contributed by atoms with E-state index in [1.807, 2.05) is 55.5 Å². The van der Waals surface area contributed by atoms with Crippen LogP contribution in [0.15, 0.2) is 131 Å². The predicted octanol–water partition coefficient (Wildman–Crippen LogP) is 13.3. The molecule has 0 saturated heterocycles. The van der Waals surface area contributed by atoms with Gasteiger partial charge in [0.05, 0.1) is 22.0 Å². The van der Waals surface area contributed by atoms with Crippen molar-refractivity contribution in [3.8, 4) is 32.5 Å². The number of benzene rings is 4. The van der Waals surface area contributed by atoms with Crippen molar-refractivity contribution in [2.45, 2.75) is 98.2 Å². The maximum atomic E-state index is 11.8. The highest BCUT2D eigenvalue weighted by atomic mass is 32.1. The van der Waals surface area contributed by atoms with Crippen molar-refractivity contribution in [2.75, 3.05) is 6.61 Å². The average molecular weight is 894 g/mol. The minimum atomic E-state index is -0.107. The van der Waals surface area contributed by atoms with Gasteiger partial charge in [-0.1, -0.05) is 102 Å². The van der Waals surface area contributed by atoms with Crippen LogP contribution in [0.1, 0.15) is 108 Å². The molecule has 0 radical (unpaired) electrons. The number of unbranched alkanes of at least 4 members (excludes halogenated alkanes) is 1. The Morgan fingerprint density at radius 1 is 0.719 bits per heavy atom. The molecule has 0 N–H and O–H groups in total. The van der Waals surface area contributed by atoms with Crippen LogP contribution in [0.3, 0.4) is 0 Å². The lowest BCUT2D eigenvalue weighted by atomic mass is 9.88. The number of hydrogen-bond acceptors (Lipinski definition) is 11. The van der Waals surface area contributed by atoms with E-state index in [1.165, 1.54) is 45.5 Å². The van der Waals surface area contributed by atoms with E-state index >= 15 is 0 Å². The third kappa shape index (κ3) is 12.7. The van der Waals surface area contributed by atoms with Crippen molar-refractivity contribution in [3.05, 3.63) is 165 Å². The second-order valence-corrected chi connectivity index (χ2v) is 18.4. The van der Waals surface area contributed by atoms with Crippen LogP contribution >= 0.6 is 22.7 Å². The number of aromatic nitrogens is 2. The summed E-state index contributed by atoms with van der Waals surface area (Å²) < 4.78 is 17.0. The molecule has 7 aromatic rings. The SMILES string of the molecule is CC(=O)C[C@@H](c1ccc(OCc2ccc(-c3ccc(C)cc3)s2)cc1)c1ccon1.CCCCc1ccc(-c2nc(C)c(COc3ccc([C@H](CC(C)=O)C4=NOCC4)cc3)s2)cc1. The van der Waals surface area contributed by atoms with Gasteiger partial charge in [-0.15, -0.1) is 22.7 Å². The Balaban J connectivity index is 0.000000193. The van der Waals surface area contributed by atoms with E-state index in [-0.39, 0.29) is 23.4 Å². The van der Waals surface area contributed by atoms with Crippen LogP contribution < -0.4 is 9.47 Å². The van der Waals surface area contributed by atoms with Gasteiger partial charge >= 0.3 is 0 Å². The number of Topliss-reactive ketones (excluding diaryl/α,β-unsaturated/α-hetero) is 2. The molecule has 0 aliphatic carbocycles. The zero-order chi connectivity index (χ0) is 44.8.